The van der Waals surface area contributed by atoms with Crippen LogP contribution in [0.25, 0.3) is 0 Å². The summed E-state index contributed by atoms with van der Waals surface area (Å²) in [7, 11) is 5.38. The second kappa shape index (κ2) is 2.36. The standard InChI is InChI=1S/C7H4BN/c1-2-6-3-7(8)5-9-4-6/h1,3-5H. The predicted octanol–water partition coefficient (Wildman–Crippen LogP) is -0.143. The summed E-state index contributed by atoms with van der Waals surface area (Å²) < 4.78 is 0. The van der Waals surface area contributed by atoms with Crippen LogP contribution >= 0.6 is 0 Å². The van der Waals surface area contributed by atoms with Crippen LogP contribution in [0.5, 0.6) is 0 Å². The lowest BCUT2D eigenvalue weighted by molar-refractivity contribution is 1.33. The molecule has 0 bridgehead atoms. The SMILES string of the molecule is [B]c1cncc(C#C)c1. The summed E-state index contributed by atoms with van der Waals surface area (Å²) in [5.41, 5.74) is 1.32. The van der Waals surface area contributed by atoms with Crippen molar-refractivity contribution in [2.24, 2.45) is 0 Å². The Bertz CT molecular complexity index is 249. The summed E-state index contributed by atoms with van der Waals surface area (Å²) in [6, 6.07) is 1.70. The summed E-state index contributed by atoms with van der Waals surface area (Å²) in [4.78, 5) is 3.79. The van der Waals surface area contributed by atoms with Gasteiger partial charge in [0.1, 0.15) is 7.85 Å². The van der Waals surface area contributed by atoms with Gasteiger partial charge in [-0.05, 0) is 0 Å². The van der Waals surface area contributed by atoms with Crippen molar-refractivity contribution in [2.45, 2.75) is 0 Å². The van der Waals surface area contributed by atoms with Gasteiger partial charge in [0.25, 0.3) is 0 Å². The monoisotopic (exact) mass is 113 g/mol. The lowest BCUT2D eigenvalue weighted by atomic mass is 9.97. The highest BCUT2D eigenvalue weighted by molar-refractivity contribution is 6.32. The maximum Gasteiger partial charge on any atom is 0.116 e. The molecule has 0 aliphatic rings. The first-order valence-electron chi connectivity index (χ1n) is 2.50. The number of nitrogens with zero attached hydrogens (tertiary/aromatic N) is 1. The largest absolute Gasteiger partial charge is 0.264 e. The zero-order valence-corrected chi connectivity index (χ0v) is 4.83. The summed E-state index contributed by atoms with van der Waals surface area (Å²) in [6.45, 7) is 0. The van der Waals surface area contributed by atoms with E-state index >= 15 is 0 Å². The van der Waals surface area contributed by atoms with Crippen LogP contribution in [0.15, 0.2) is 18.5 Å². The first-order valence-corrected chi connectivity index (χ1v) is 2.50. The molecule has 2 heteroatoms. The molecule has 0 N–H and O–H groups in total. The smallest absolute Gasteiger partial charge is 0.116 e. The van der Waals surface area contributed by atoms with Gasteiger partial charge in [-0.2, -0.15) is 0 Å². The fourth-order valence-electron chi connectivity index (χ4n) is 0.537. The summed E-state index contributed by atoms with van der Waals surface area (Å²) in [5, 5.41) is 0. The fourth-order valence-corrected chi connectivity index (χ4v) is 0.537. The van der Waals surface area contributed by atoms with Crippen molar-refractivity contribution in [3.05, 3.63) is 24.0 Å². The highest BCUT2D eigenvalue weighted by Crippen LogP contribution is 1.86. The maximum atomic E-state index is 5.38. The molecule has 0 saturated heterocycles. The van der Waals surface area contributed by atoms with E-state index in [2.05, 4.69) is 10.9 Å². The highest BCUT2D eigenvalue weighted by Gasteiger charge is 1.84. The van der Waals surface area contributed by atoms with E-state index in [9.17, 15) is 0 Å². The van der Waals surface area contributed by atoms with Crippen LogP contribution in [0.2, 0.25) is 0 Å². The third-order valence-corrected chi connectivity index (χ3v) is 0.926. The first-order chi connectivity index (χ1) is 4.33. The zero-order chi connectivity index (χ0) is 6.69. The van der Waals surface area contributed by atoms with Crippen molar-refractivity contribution in [2.75, 3.05) is 0 Å². The molecular formula is C7H4BN. The Kier molecular flexibility index (Phi) is 1.55. The molecule has 0 amide bonds. The van der Waals surface area contributed by atoms with Gasteiger partial charge >= 0.3 is 0 Å². The van der Waals surface area contributed by atoms with E-state index in [0.717, 1.165) is 5.56 Å². The molecule has 0 fully saturated rings. The van der Waals surface area contributed by atoms with Crippen molar-refractivity contribution in [1.29, 1.82) is 0 Å². The van der Waals surface area contributed by atoms with Crippen molar-refractivity contribution in [3.8, 4) is 12.3 Å². The van der Waals surface area contributed by atoms with Gasteiger partial charge in [-0.15, -0.1) is 6.42 Å². The van der Waals surface area contributed by atoms with E-state index in [-0.39, 0.29) is 0 Å². The van der Waals surface area contributed by atoms with Gasteiger partial charge in [0.05, 0.1) is 0 Å². The topological polar surface area (TPSA) is 12.9 Å². The van der Waals surface area contributed by atoms with Crippen molar-refractivity contribution >= 4 is 13.3 Å². The van der Waals surface area contributed by atoms with Crippen LogP contribution in [-0.2, 0) is 0 Å². The molecule has 0 saturated carbocycles. The summed E-state index contributed by atoms with van der Waals surface area (Å²) >= 11 is 0. The zero-order valence-electron chi connectivity index (χ0n) is 4.83. The van der Waals surface area contributed by atoms with E-state index in [1.165, 1.54) is 0 Å². The van der Waals surface area contributed by atoms with Crippen LogP contribution in [0.1, 0.15) is 5.56 Å². The summed E-state index contributed by atoms with van der Waals surface area (Å²) in [6.07, 6.45) is 8.22. The Morgan fingerprint density at radius 1 is 1.56 bits per heavy atom. The molecule has 0 aromatic carbocycles. The predicted molar refractivity (Wildman–Crippen MR) is 37.6 cm³/mol. The number of pyridine rings is 1. The third-order valence-electron chi connectivity index (χ3n) is 0.926. The highest BCUT2D eigenvalue weighted by atomic mass is 14.6. The molecule has 1 aromatic heterocycles. The van der Waals surface area contributed by atoms with Crippen LogP contribution < -0.4 is 5.46 Å². The third kappa shape index (κ3) is 1.33. The molecule has 1 aromatic rings. The van der Waals surface area contributed by atoms with E-state index in [1.54, 1.807) is 18.5 Å². The second-order valence-electron chi connectivity index (χ2n) is 1.65. The number of hydrogen-bond acceptors (Lipinski definition) is 1. The van der Waals surface area contributed by atoms with E-state index in [1.807, 2.05) is 0 Å². The average Bonchev–Trinajstić information content (AvgIpc) is 1.88. The van der Waals surface area contributed by atoms with E-state index < -0.39 is 0 Å². The van der Waals surface area contributed by atoms with Gasteiger partial charge < -0.3 is 0 Å². The van der Waals surface area contributed by atoms with Gasteiger partial charge in [0, 0.05) is 18.0 Å². The second-order valence-corrected chi connectivity index (χ2v) is 1.65. The van der Waals surface area contributed by atoms with E-state index in [4.69, 9.17) is 14.3 Å². The Morgan fingerprint density at radius 2 is 2.33 bits per heavy atom. The molecular weight excluding hydrogens is 109 g/mol. The van der Waals surface area contributed by atoms with Crippen LogP contribution in [0, 0.1) is 12.3 Å². The molecule has 1 nitrogen and oxygen atoms in total. The molecule has 0 unspecified atom stereocenters. The fraction of sp³-hybridized carbons (Fsp3) is 0. The molecule has 1 rings (SSSR count). The van der Waals surface area contributed by atoms with Crippen LogP contribution in [-0.4, -0.2) is 12.8 Å². The number of terminal acetylenes is 1. The normalized spacial score (nSPS) is 8.33. The Balaban J connectivity index is 3.12. The number of aromatic nitrogens is 1. The van der Waals surface area contributed by atoms with Crippen molar-refractivity contribution in [3.63, 3.8) is 0 Å². The van der Waals surface area contributed by atoms with Gasteiger partial charge in [-0.3, -0.25) is 4.98 Å². The van der Waals surface area contributed by atoms with Gasteiger partial charge in [-0.25, -0.2) is 0 Å². The lowest BCUT2D eigenvalue weighted by Crippen LogP contribution is -2.02. The Morgan fingerprint density at radius 3 is 2.78 bits per heavy atom. The first kappa shape index (κ1) is 5.90. The lowest BCUT2D eigenvalue weighted by Gasteiger charge is -1.89. The molecule has 0 atom stereocenters. The molecule has 9 heavy (non-hydrogen) atoms. The van der Waals surface area contributed by atoms with Crippen LogP contribution in [0.3, 0.4) is 0 Å². The number of rotatable bonds is 0. The van der Waals surface area contributed by atoms with Gasteiger partial charge in [0.2, 0.25) is 0 Å². The molecule has 0 aliphatic heterocycles. The number of hydrogen-bond donors (Lipinski definition) is 0. The minimum Gasteiger partial charge on any atom is -0.264 e. The molecule has 2 radical (unpaired) electrons. The minimum absolute atomic E-state index is 0.602. The van der Waals surface area contributed by atoms with E-state index in [0.29, 0.717) is 5.46 Å². The molecule has 40 valence electrons. The molecule has 1 heterocycles. The Hall–Kier alpha value is -1.23. The van der Waals surface area contributed by atoms with Crippen molar-refractivity contribution in [1.82, 2.24) is 4.98 Å². The molecule has 0 aliphatic carbocycles. The maximum absolute atomic E-state index is 5.38. The van der Waals surface area contributed by atoms with Crippen LogP contribution in [0.4, 0.5) is 0 Å². The minimum atomic E-state index is 0.602. The quantitative estimate of drug-likeness (QED) is 0.337. The average molecular weight is 113 g/mol. The summed E-state index contributed by atoms with van der Waals surface area (Å²) in [5.74, 6) is 2.43. The Labute approximate surface area is 55.5 Å². The van der Waals surface area contributed by atoms with Gasteiger partial charge in [-0.1, -0.05) is 17.4 Å². The molecule has 0 spiro atoms. The van der Waals surface area contributed by atoms with Crippen molar-refractivity contribution < 1.29 is 0 Å². The van der Waals surface area contributed by atoms with Gasteiger partial charge in [0.15, 0.2) is 0 Å².